The molecule has 5 atom stereocenters. The van der Waals surface area contributed by atoms with Gasteiger partial charge in [0, 0.05) is 13.1 Å². The van der Waals surface area contributed by atoms with Crippen LogP contribution >= 0.6 is 0 Å². The fraction of sp³-hybridized carbons (Fsp3) is 0.870. The molecule has 1 heterocycles. The second-order valence-electron chi connectivity index (χ2n) is 9.77. The summed E-state index contributed by atoms with van der Waals surface area (Å²) in [4.78, 5) is 15.1. The Bertz CT molecular complexity index is 575. The Hall–Kier alpha value is -1.01. The molecular formula is C23H38F2N2O2. The van der Waals surface area contributed by atoms with Gasteiger partial charge < -0.3 is 15.3 Å². The maximum atomic E-state index is 13.7. The number of piperidine rings is 1. The van der Waals surface area contributed by atoms with Gasteiger partial charge in [0.05, 0.1) is 12.1 Å². The summed E-state index contributed by atoms with van der Waals surface area (Å²) < 4.78 is 27.0. The second-order valence-corrected chi connectivity index (χ2v) is 9.77. The van der Waals surface area contributed by atoms with Crippen LogP contribution in [0.5, 0.6) is 0 Å². The molecule has 0 aromatic heterocycles. The van der Waals surface area contributed by atoms with E-state index in [1.165, 1.54) is 6.08 Å². The molecule has 4 unspecified atom stereocenters. The Morgan fingerprint density at radius 3 is 2.55 bits per heavy atom. The minimum Gasteiger partial charge on any atom is -0.393 e. The fourth-order valence-electron chi connectivity index (χ4n) is 5.39. The number of amides is 1. The van der Waals surface area contributed by atoms with Crippen LogP contribution in [0, 0.1) is 23.7 Å². The first-order valence-electron chi connectivity index (χ1n) is 11.5. The summed E-state index contributed by atoms with van der Waals surface area (Å²) in [6, 6.07) is -0.201. The molecule has 29 heavy (non-hydrogen) atoms. The highest BCUT2D eigenvalue weighted by atomic mass is 19.2. The van der Waals surface area contributed by atoms with Crippen molar-refractivity contribution in [2.45, 2.75) is 83.5 Å². The number of aliphatic hydroxyl groups is 1. The van der Waals surface area contributed by atoms with E-state index >= 15 is 0 Å². The molecule has 3 rings (SSSR count). The number of allylic oxidation sites excluding steroid dienone is 2. The summed E-state index contributed by atoms with van der Waals surface area (Å²) in [6.45, 7) is 6.33. The highest BCUT2D eigenvalue weighted by molar-refractivity contribution is 5.82. The molecule has 2 fully saturated rings. The van der Waals surface area contributed by atoms with Crippen LogP contribution in [0.1, 0.15) is 65.2 Å². The zero-order valence-electron chi connectivity index (χ0n) is 18.0. The van der Waals surface area contributed by atoms with Crippen molar-refractivity contribution in [3.8, 4) is 0 Å². The molecule has 0 aromatic rings. The summed E-state index contributed by atoms with van der Waals surface area (Å²) in [5, 5.41) is 13.4. The van der Waals surface area contributed by atoms with E-state index in [0.717, 1.165) is 45.1 Å². The molecule has 166 valence electrons. The van der Waals surface area contributed by atoms with Crippen LogP contribution in [0.4, 0.5) is 8.78 Å². The van der Waals surface area contributed by atoms with Crippen LogP contribution in [-0.4, -0.2) is 53.9 Å². The van der Waals surface area contributed by atoms with Crippen LogP contribution in [0.2, 0.25) is 0 Å². The number of likely N-dealkylation sites (tertiary alicyclic amines) is 1. The maximum absolute atomic E-state index is 13.7. The van der Waals surface area contributed by atoms with Crippen LogP contribution in [0.25, 0.3) is 0 Å². The Kier molecular flexibility index (Phi) is 8.08. The summed E-state index contributed by atoms with van der Waals surface area (Å²) >= 11 is 0. The molecule has 4 nitrogen and oxygen atoms in total. The van der Waals surface area contributed by atoms with E-state index in [1.807, 2.05) is 4.90 Å². The number of carbonyl (C=O) groups excluding carboxylic acids is 1. The maximum Gasteiger partial charge on any atom is 0.239 e. The molecule has 1 aliphatic heterocycles. The SMILES string of the molecule is CC(C)[C@@H](NCC1CCCC(O)C1)C(=O)N1CCC(C2CC=C(F)C(F)C2)CC1. The second kappa shape index (κ2) is 10.3. The first-order chi connectivity index (χ1) is 13.8. The van der Waals surface area contributed by atoms with Crippen molar-refractivity contribution in [2.75, 3.05) is 19.6 Å². The fourth-order valence-corrected chi connectivity index (χ4v) is 5.39. The van der Waals surface area contributed by atoms with Gasteiger partial charge in [0.2, 0.25) is 5.91 Å². The van der Waals surface area contributed by atoms with Crippen molar-refractivity contribution in [3.05, 3.63) is 11.9 Å². The number of hydrogen-bond acceptors (Lipinski definition) is 3. The van der Waals surface area contributed by atoms with E-state index in [4.69, 9.17) is 0 Å². The molecule has 0 aromatic carbocycles. The largest absolute Gasteiger partial charge is 0.393 e. The minimum atomic E-state index is -1.44. The van der Waals surface area contributed by atoms with E-state index in [0.29, 0.717) is 31.3 Å². The van der Waals surface area contributed by atoms with Crippen LogP contribution in [0.15, 0.2) is 11.9 Å². The third-order valence-electron chi connectivity index (χ3n) is 7.26. The molecular weight excluding hydrogens is 374 g/mol. The quantitative estimate of drug-likeness (QED) is 0.694. The molecule has 2 aliphatic carbocycles. The molecule has 1 amide bonds. The summed E-state index contributed by atoms with van der Waals surface area (Å²) in [5.74, 6) is 0.756. The smallest absolute Gasteiger partial charge is 0.239 e. The Balaban J connectivity index is 1.48. The number of alkyl halides is 1. The molecule has 0 radical (unpaired) electrons. The van der Waals surface area contributed by atoms with E-state index in [-0.39, 0.29) is 36.3 Å². The first-order valence-corrected chi connectivity index (χ1v) is 11.5. The molecule has 3 aliphatic rings. The van der Waals surface area contributed by atoms with E-state index in [1.54, 1.807) is 0 Å². The van der Waals surface area contributed by atoms with Gasteiger partial charge in [-0.1, -0.05) is 20.3 Å². The number of nitrogens with one attached hydrogen (secondary N) is 1. The number of rotatable bonds is 6. The Labute approximate surface area is 174 Å². The Morgan fingerprint density at radius 2 is 1.93 bits per heavy atom. The average Bonchev–Trinajstić information content (AvgIpc) is 2.70. The number of nitrogens with zero attached hydrogens (tertiary/aromatic N) is 1. The van der Waals surface area contributed by atoms with Crippen molar-refractivity contribution >= 4 is 5.91 Å². The van der Waals surface area contributed by atoms with Crippen molar-refractivity contribution in [2.24, 2.45) is 23.7 Å². The predicted molar refractivity (Wildman–Crippen MR) is 111 cm³/mol. The zero-order valence-corrected chi connectivity index (χ0v) is 18.0. The normalized spacial score (nSPS) is 32.9. The number of carbonyl (C=O) groups is 1. The van der Waals surface area contributed by atoms with Crippen molar-refractivity contribution in [1.29, 1.82) is 0 Å². The van der Waals surface area contributed by atoms with Gasteiger partial charge in [-0.25, -0.2) is 8.78 Å². The highest BCUT2D eigenvalue weighted by Crippen LogP contribution is 2.37. The third kappa shape index (κ3) is 6.00. The van der Waals surface area contributed by atoms with Crippen molar-refractivity contribution in [1.82, 2.24) is 10.2 Å². The standard InChI is InChI=1S/C23H38F2N2O2/c1-15(2)22(26-14-16-4-3-5-19(28)12-16)23(29)27-10-8-17(9-11-27)18-6-7-20(24)21(25)13-18/h7,15-19,21-22,26,28H,3-6,8-14H2,1-2H3/t16?,18?,19?,21?,22-/m1/s1. The van der Waals surface area contributed by atoms with Crippen LogP contribution < -0.4 is 5.32 Å². The zero-order chi connectivity index (χ0) is 21.0. The lowest BCUT2D eigenvalue weighted by molar-refractivity contribution is -0.136. The van der Waals surface area contributed by atoms with E-state index < -0.39 is 12.0 Å². The molecule has 2 N–H and O–H groups in total. The van der Waals surface area contributed by atoms with Gasteiger partial charge in [-0.3, -0.25) is 4.79 Å². The van der Waals surface area contributed by atoms with E-state index in [9.17, 15) is 18.7 Å². The third-order valence-corrected chi connectivity index (χ3v) is 7.26. The predicted octanol–water partition coefficient (Wildman–Crippen LogP) is 3.99. The average molecular weight is 413 g/mol. The summed E-state index contributed by atoms with van der Waals surface area (Å²) in [7, 11) is 0. The summed E-state index contributed by atoms with van der Waals surface area (Å²) in [5.41, 5.74) is 0. The van der Waals surface area contributed by atoms with Gasteiger partial charge in [0.1, 0.15) is 5.83 Å². The molecule has 1 saturated heterocycles. The monoisotopic (exact) mass is 412 g/mol. The van der Waals surface area contributed by atoms with Gasteiger partial charge in [0.25, 0.3) is 0 Å². The number of aliphatic hydroxyl groups excluding tert-OH is 1. The minimum absolute atomic E-state index is 0.160. The number of hydrogen-bond donors (Lipinski definition) is 2. The van der Waals surface area contributed by atoms with Crippen molar-refractivity contribution < 1.29 is 18.7 Å². The summed E-state index contributed by atoms with van der Waals surface area (Å²) in [6.07, 6.45) is 6.30. The molecule has 0 bridgehead atoms. The molecule has 0 spiro atoms. The van der Waals surface area contributed by atoms with Crippen LogP contribution in [0.3, 0.4) is 0 Å². The van der Waals surface area contributed by atoms with Gasteiger partial charge in [-0.2, -0.15) is 0 Å². The number of halogens is 2. The molecule has 1 saturated carbocycles. The molecule has 6 heteroatoms. The highest BCUT2D eigenvalue weighted by Gasteiger charge is 2.35. The van der Waals surface area contributed by atoms with Gasteiger partial charge >= 0.3 is 0 Å². The van der Waals surface area contributed by atoms with E-state index in [2.05, 4.69) is 19.2 Å². The van der Waals surface area contributed by atoms with Gasteiger partial charge in [-0.15, -0.1) is 0 Å². The van der Waals surface area contributed by atoms with Crippen molar-refractivity contribution in [3.63, 3.8) is 0 Å². The van der Waals surface area contributed by atoms with Crippen LogP contribution in [-0.2, 0) is 4.79 Å². The Morgan fingerprint density at radius 1 is 1.21 bits per heavy atom. The lowest BCUT2D eigenvalue weighted by Gasteiger charge is -2.39. The lowest BCUT2D eigenvalue weighted by atomic mass is 9.77. The first kappa shape index (κ1) is 22.7. The lowest BCUT2D eigenvalue weighted by Crippen LogP contribution is -2.53. The van der Waals surface area contributed by atoms with Gasteiger partial charge in [0.15, 0.2) is 6.17 Å². The topological polar surface area (TPSA) is 52.6 Å². The van der Waals surface area contributed by atoms with Gasteiger partial charge in [-0.05, 0) is 81.2 Å².